The highest BCUT2D eigenvalue weighted by molar-refractivity contribution is 7.91. The lowest BCUT2D eigenvalue weighted by Crippen LogP contribution is -2.18. The number of halogens is 2. The fourth-order valence-corrected chi connectivity index (χ4v) is 4.14. The van der Waals surface area contributed by atoms with Crippen molar-refractivity contribution < 1.29 is 22.7 Å². The first kappa shape index (κ1) is 23.6. The summed E-state index contributed by atoms with van der Waals surface area (Å²) >= 11 is 5.71. The quantitative estimate of drug-likeness (QED) is 0.470. The minimum atomic E-state index is -3.81. The summed E-state index contributed by atoms with van der Waals surface area (Å²) in [7, 11) is -3.81. The Morgan fingerprint density at radius 2 is 1.81 bits per heavy atom. The van der Waals surface area contributed by atoms with E-state index in [2.05, 4.69) is 15.0 Å². The average molecular weight is 478 g/mol. The summed E-state index contributed by atoms with van der Waals surface area (Å²) in [4.78, 5) is 16.4. The summed E-state index contributed by atoms with van der Waals surface area (Å²) < 4.78 is 40.7. The van der Waals surface area contributed by atoms with Gasteiger partial charge in [0, 0.05) is 17.4 Å². The highest BCUT2D eigenvalue weighted by atomic mass is 35.5. The molecule has 1 heterocycles. The molecule has 0 unspecified atom stereocenters. The number of rotatable bonds is 7. The Bertz CT molecular complexity index is 1240. The van der Waals surface area contributed by atoms with Gasteiger partial charge in [-0.2, -0.15) is 0 Å². The van der Waals surface area contributed by atoms with E-state index in [1.54, 1.807) is 38.1 Å². The zero-order chi connectivity index (χ0) is 23.5. The molecule has 1 aromatic heterocycles. The van der Waals surface area contributed by atoms with Crippen LogP contribution in [0.25, 0.3) is 0 Å². The number of carbonyl (C=O) groups excluding carboxylic acids is 1. The fraction of sp³-hybridized carbons (Fsp3) is 0.182. The lowest BCUT2D eigenvalue weighted by atomic mass is 9.98. The van der Waals surface area contributed by atoms with Gasteiger partial charge in [-0.1, -0.05) is 35.9 Å². The molecule has 7 nitrogen and oxygen atoms in total. The van der Waals surface area contributed by atoms with E-state index in [-0.39, 0.29) is 27.8 Å². The summed E-state index contributed by atoms with van der Waals surface area (Å²) in [6, 6.07) is 13.0. The van der Waals surface area contributed by atoms with Gasteiger partial charge in [-0.15, -0.1) is 0 Å². The van der Waals surface area contributed by atoms with Crippen molar-refractivity contribution in [3.63, 3.8) is 0 Å². The van der Waals surface area contributed by atoms with Gasteiger partial charge in [-0.05, 0) is 55.3 Å². The second-order valence-electron chi connectivity index (χ2n) is 7.63. The molecule has 0 aliphatic carbocycles. The average Bonchev–Trinajstić information content (AvgIpc) is 2.70. The van der Waals surface area contributed by atoms with Gasteiger partial charge in [0.1, 0.15) is 11.6 Å². The maximum absolute atomic E-state index is 13.3. The van der Waals surface area contributed by atoms with Crippen molar-refractivity contribution in [2.45, 2.75) is 25.2 Å². The number of pyridine rings is 1. The van der Waals surface area contributed by atoms with Crippen molar-refractivity contribution in [3.05, 3.63) is 88.3 Å². The van der Waals surface area contributed by atoms with Gasteiger partial charge in [0.15, 0.2) is 0 Å². The second kappa shape index (κ2) is 9.23. The van der Waals surface area contributed by atoms with Crippen molar-refractivity contribution in [3.8, 4) is 0 Å². The first-order valence-electron chi connectivity index (χ1n) is 9.48. The van der Waals surface area contributed by atoms with E-state index in [0.717, 1.165) is 6.07 Å². The van der Waals surface area contributed by atoms with Crippen LogP contribution in [0.2, 0.25) is 5.02 Å². The molecular formula is C22H21ClFN3O4S. The number of nitrogens with one attached hydrogen (secondary N) is 2. The van der Waals surface area contributed by atoms with E-state index in [1.807, 2.05) is 0 Å². The lowest BCUT2D eigenvalue weighted by Gasteiger charge is -2.18. The Morgan fingerprint density at radius 3 is 2.44 bits per heavy atom. The number of benzene rings is 2. The number of hydrogen-bond donors (Lipinski definition) is 3. The van der Waals surface area contributed by atoms with Crippen LogP contribution in [-0.4, -0.2) is 24.4 Å². The summed E-state index contributed by atoms with van der Waals surface area (Å²) in [5.41, 5.74) is 0.587. The smallest absolute Gasteiger partial charge is 0.255 e. The molecule has 32 heavy (non-hydrogen) atoms. The van der Waals surface area contributed by atoms with Crippen LogP contribution in [0.15, 0.2) is 60.8 Å². The fourth-order valence-electron chi connectivity index (χ4n) is 2.83. The van der Waals surface area contributed by atoms with Crippen molar-refractivity contribution in [2.75, 3.05) is 10.0 Å². The van der Waals surface area contributed by atoms with Crippen molar-refractivity contribution >= 4 is 39.0 Å². The van der Waals surface area contributed by atoms with Crippen LogP contribution in [0, 0.1) is 5.82 Å². The Kier molecular flexibility index (Phi) is 6.82. The third kappa shape index (κ3) is 6.25. The van der Waals surface area contributed by atoms with Gasteiger partial charge < -0.3 is 10.4 Å². The Labute approximate surface area is 190 Å². The van der Waals surface area contributed by atoms with Gasteiger partial charge in [0.05, 0.1) is 16.4 Å². The second-order valence-corrected chi connectivity index (χ2v) is 9.76. The van der Waals surface area contributed by atoms with Crippen molar-refractivity contribution in [1.29, 1.82) is 0 Å². The molecule has 2 aromatic carbocycles. The number of aliphatic hydroxyl groups is 1. The molecule has 0 saturated carbocycles. The first-order chi connectivity index (χ1) is 14.9. The minimum absolute atomic E-state index is 0.0251. The predicted octanol–water partition coefficient (Wildman–Crippen LogP) is 4.30. The number of amides is 1. The zero-order valence-electron chi connectivity index (χ0n) is 17.3. The standard InChI is InChI=1S/C22H21ClFN3O4S/c1-22(2,29)16-5-3-14(4-6-16)13-32(30,31)27-20-11-15(9-10-25-20)21(28)26-17-7-8-19(24)18(23)12-17/h3-12,29H,13H2,1-2H3,(H,25,27)(H,26,28). The zero-order valence-corrected chi connectivity index (χ0v) is 18.8. The SMILES string of the molecule is CC(C)(O)c1ccc(CS(=O)(=O)Nc2cc(C(=O)Nc3ccc(F)c(Cl)c3)ccn2)cc1. The van der Waals surface area contributed by atoms with E-state index in [1.165, 1.54) is 30.5 Å². The molecule has 3 N–H and O–H groups in total. The monoisotopic (exact) mass is 477 g/mol. The van der Waals surface area contributed by atoms with Gasteiger partial charge >= 0.3 is 0 Å². The Balaban J connectivity index is 1.70. The number of sulfonamides is 1. The molecule has 0 aliphatic rings. The number of carbonyl (C=O) groups is 1. The van der Waals surface area contributed by atoms with Gasteiger partial charge in [0.25, 0.3) is 5.91 Å². The van der Waals surface area contributed by atoms with Crippen LogP contribution >= 0.6 is 11.6 Å². The predicted molar refractivity (Wildman–Crippen MR) is 122 cm³/mol. The van der Waals surface area contributed by atoms with Crippen LogP contribution in [0.3, 0.4) is 0 Å². The van der Waals surface area contributed by atoms with Crippen molar-refractivity contribution in [2.24, 2.45) is 0 Å². The van der Waals surface area contributed by atoms with E-state index in [4.69, 9.17) is 11.6 Å². The summed E-state index contributed by atoms with van der Waals surface area (Å²) in [6.07, 6.45) is 1.29. The summed E-state index contributed by atoms with van der Waals surface area (Å²) in [6.45, 7) is 3.28. The molecule has 0 bridgehead atoms. The topological polar surface area (TPSA) is 108 Å². The molecule has 0 atom stereocenters. The summed E-state index contributed by atoms with van der Waals surface area (Å²) in [5.74, 6) is -1.49. The van der Waals surface area contributed by atoms with Gasteiger partial charge in [0.2, 0.25) is 10.0 Å². The Morgan fingerprint density at radius 1 is 1.12 bits per heavy atom. The van der Waals surface area contributed by atoms with E-state index >= 15 is 0 Å². The van der Waals surface area contributed by atoms with Crippen LogP contribution in [0.5, 0.6) is 0 Å². The normalized spacial score (nSPS) is 11.8. The number of anilines is 2. The van der Waals surface area contributed by atoms with Crippen LogP contribution in [0.4, 0.5) is 15.9 Å². The molecule has 1 amide bonds. The minimum Gasteiger partial charge on any atom is -0.386 e. The molecular weight excluding hydrogens is 457 g/mol. The molecule has 3 rings (SSSR count). The van der Waals surface area contributed by atoms with Gasteiger partial charge in [-0.25, -0.2) is 17.8 Å². The molecule has 0 radical (unpaired) electrons. The maximum atomic E-state index is 13.3. The molecule has 0 aliphatic heterocycles. The third-order valence-electron chi connectivity index (χ3n) is 4.48. The molecule has 168 valence electrons. The largest absolute Gasteiger partial charge is 0.386 e. The molecule has 10 heteroatoms. The summed E-state index contributed by atoms with van der Waals surface area (Å²) in [5, 5.41) is 12.4. The van der Waals surface area contributed by atoms with E-state index in [0.29, 0.717) is 11.1 Å². The van der Waals surface area contributed by atoms with Crippen LogP contribution in [-0.2, 0) is 21.4 Å². The van der Waals surface area contributed by atoms with Crippen LogP contribution < -0.4 is 10.0 Å². The Hall–Kier alpha value is -3.01. The van der Waals surface area contributed by atoms with E-state index < -0.39 is 27.3 Å². The van der Waals surface area contributed by atoms with Gasteiger partial charge in [-0.3, -0.25) is 9.52 Å². The highest BCUT2D eigenvalue weighted by Crippen LogP contribution is 2.22. The number of aromatic nitrogens is 1. The lowest BCUT2D eigenvalue weighted by molar-refractivity contribution is 0.0786. The number of nitrogens with zero attached hydrogens (tertiary/aromatic N) is 1. The van der Waals surface area contributed by atoms with Crippen molar-refractivity contribution in [1.82, 2.24) is 4.98 Å². The molecule has 3 aromatic rings. The highest BCUT2D eigenvalue weighted by Gasteiger charge is 2.18. The molecule has 0 spiro atoms. The maximum Gasteiger partial charge on any atom is 0.255 e. The number of hydrogen-bond acceptors (Lipinski definition) is 5. The first-order valence-corrected chi connectivity index (χ1v) is 11.5. The molecule has 0 saturated heterocycles. The molecule has 0 fully saturated rings. The van der Waals surface area contributed by atoms with E-state index in [9.17, 15) is 22.7 Å². The third-order valence-corrected chi connectivity index (χ3v) is 6.00. The van der Waals surface area contributed by atoms with Crippen LogP contribution in [0.1, 0.15) is 35.3 Å².